The minimum Gasteiger partial charge on any atom is -0.481 e. The molecule has 0 saturated heterocycles. The number of hydrogen-bond donors (Lipinski definition) is 4. The summed E-state index contributed by atoms with van der Waals surface area (Å²) in [6.45, 7) is 2.49. The van der Waals surface area contributed by atoms with Crippen molar-refractivity contribution in [2.45, 2.75) is 32.2 Å². The van der Waals surface area contributed by atoms with Gasteiger partial charge >= 0.3 is 18.0 Å². The van der Waals surface area contributed by atoms with Crippen LogP contribution in [-0.4, -0.2) is 61.3 Å². The Morgan fingerprint density at radius 2 is 1.75 bits per heavy atom. The van der Waals surface area contributed by atoms with Crippen molar-refractivity contribution < 1.29 is 19.5 Å². The first-order valence-electron chi connectivity index (χ1n) is 6.54. The van der Waals surface area contributed by atoms with Crippen molar-refractivity contribution in [2.24, 2.45) is 0 Å². The zero-order valence-electron chi connectivity index (χ0n) is 12.2. The number of nitrogens with zero attached hydrogens (tertiary/aromatic N) is 1. The van der Waals surface area contributed by atoms with Crippen molar-refractivity contribution in [1.82, 2.24) is 20.9 Å². The third-order valence-electron chi connectivity index (χ3n) is 2.50. The first kappa shape index (κ1) is 18.0. The van der Waals surface area contributed by atoms with Crippen molar-refractivity contribution >= 4 is 18.0 Å². The van der Waals surface area contributed by atoms with Crippen molar-refractivity contribution in [1.29, 1.82) is 0 Å². The van der Waals surface area contributed by atoms with Crippen LogP contribution in [0.5, 0.6) is 0 Å². The van der Waals surface area contributed by atoms with E-state index in [1.54, 1.807) is 14.1 Å². The molecule has 1 unspecified atom stereocenters. The number of nitrogens with one attached hydrogen (secondary N) is 3. The minimum absolute atomic E-state index is 0.0919. The fourth-order valence-electron chi connectivity index (χ4n) is 1.41. The van der Waals surface area contributed by atoms with Gasteiger partial charge in [-0.05, 0) is 19.8 Å². The highest BCUT2D eigenvalue weighted by atomic mass is 16.4. The van der Waals surface area contributed by atoms with Crippen molar-refractivity contribution in [3.05, 3.63) is 0 Å². The molecule has 0 saturated carbocycles. The smallest absolute Gasteiger partial charge is 0.316 e. The molecule has 0 heterocycles. The maximum absolute atomic E-state index is 11.5. The Bertz CT molecular complexity index is 333. The van der Waals surface area contributed by atoms with Crippen molar-refractivity contribution in [3.63, 3.8) is 0 Å². The van der Waals surface area contributed by atoms with Gasteiger partial charge in [0.05, 0.1) is 0 Å². The van der Waals surface area contributed by atoms with Gasteiger partial charge in [0.25, 0.3) is 0 Å². The van der Waals surface area contributed by atoms with E-state index in [1.807, 2.05) is 6.92 Å². The first-order chi connectivity index (χ1) is 9.32. The van der Waals surface area contributed by atoms with E-state index in [2.05, 4.69) is 16.0 Å². The molecule has 0 aromatic carbocycles. The van der Waals surface area contributed by atoms with Crippen LogP contribution in [0.3, 0.4) is 0 Å². The van der Waals surface area contributed by atoms with E-state index in [9.17, 15) is 14.4 Å². The molecule has 20 heavy (non-hydrogen) atoms. The van der Waals surface area contributed by atoms with Crippen LogP contribution in [0.4, 0.5) is 9.59 Å². The van der Waals surface area contributed by atoms with Crippen LogP contribution in [0.15, 0.2) is 0 Å². The highest BCUT2D eigenvalue weighted by Gasteiger charge is 2.08. The Morgan fingerprint density at radius 1 is 1.15 bits per heavy atom. The van der Waals surface area contributed by atoms with E-state index in [4.69, 9.17) is 5.11 Å². The molecular weight excluding hydrogens is 264 g/mol. The standard InChI is InChI=1S/C12H24N4O4/c1-9(5-4-6-10(17)18)15-11(19)13-7-8-14-12(20)16(2)3/h9H,4-8H2,1-3H3,(H,14,20)(H,17,18)(H2,13,15,19). The molecular formula is C12H24N4O4. The average Bonchev–Trinajstić information content (AvgIpc) is 2.33. The van der Waals surface area contributed by atoms with Crippen LogP contribution >= 0.6 is 0 Å². The summed E-state index contributed by atoms with van der Waals surface area (Å²) in [4.78, 5) is 34.4. The number of amides is 4. The summed E-state index contributed by atoms with van der Waals surface area (Å²) in [6.07, 6.45) is 1.23. The number of aliphatic carboxylic acids is 1. The summed E-state index contributed by atoms with van der Waals surface area (Å²) in [6, 6.07) is -0.633. The summed E-state index contributed by atoms with van der Waals surface area (Å²) in [5.41, 5.74) is 0. The third kappa shape index (κ3) is 9.98. The van der Waals surface area contributed by atoms with E-state index in [0.717, 1.165) is 0 Å². The van der Waals surface area contributed by atoms with Gasteiger partial charge in [-0.3, -0.25) is 4.79 Å². The lowest BCUT2D eigenvalue weighted by molar-refractivity contribution is -0.137. The number of carbonyl (C=O) groups is 3. The molecule has 4 amide bonds. The summed E-state index contributed by atoms with van der Waals surface area (Å²) in [5, 5.41) is 16.4. The molecule has 0 aromatic rings. The number of rotatable bonds is 8. The lowest BCUT2D eigenvalue weighted by Crippen LogP contribution is -2.44. The predicted molar refractivity (Wildman–Crippen MR) is 74.6 cm³/mol. The molecule has 116 valence electrons. The zero-order valence-corrected chi connectivity index (χ0v) is 12.2. The molecule has 0 rings (SSSR count). The Labute approximate surface area is 118 Å². The van der Waals surface area contributed by atoms with Gasteiger partial charge in [-0.1, -0.05) is 0 Å². The number of carboxylic acid groups (broad SMARTS) is 1. The fourth-order valence-corrected chi connectivity index (χ4v) is 1.41. The molecule has 8 heteroatoms. The van der Waals surface area contributed by atoms with Gasteiger partial charge in [0.15, 0.2) is 0 Å². The normalized spacial score (nSPS) is 11.3. The number of carbonyl (C=O) groups excluding carboxylic acids is 2. The molecule has 0 aromatic heterocycles. The number of carboxylic acids is 1. The van der Waals surface area contributed by atoms with Gasteiger partial charge < -0.3 is 26.0 Å². The van der Waals surface area contributed by atoms with E-state index in [0.29, 0.717) is 25.9 Å². The highest BCUT2D eigenvalue weighted by molar-refractivity contribution is 5.75. The molecule has 0 aliphatic heterocycles. The van der Waals surface area contributed by atoms with Gasteiger partial charge in [0, 0.05) is 39.6 Å². The zero-order chi connectivity index (χ0) is 15.5. The van der Waals surface area contributed by atoms with Gasteiger partial charge in [-0.25, -0.2) is 9.59 Å². The van der Waals surface area contributed by atoms with Crippen molar-refractivity contribution in [3.8, 4) is 0 Å². The highest BCUT2D eigenvalue weighted by Crippen LogP contribution is 2.00. The lowest BCUT2D eigenvalue weighted by atomic mass is 10.1. The summed E-state index contributed by atoms with van der Waals surface area (Å²) in [5.74, 6) is -0.835. The summed E-state index contributed by atoms with van der Waals surface area (Å²) >= 11 is 0. The second-order valence-electron chi connectivity index (χ2n) is 4.71. The first-order valence-corrected chi connectivity index (χ1v) is 6.54. The van der Waals surface area contributed by atoms with Crippen LogP contribution in [0, 0.1) is 0 Å². The van der Waals surface area contributed by atoms with E-state index < -0.39 is 5.97 Å². The molecule has 0 fully saturated rings. The molecule has 0 bridgehead atoms. The van der Waals surface area contributed by atoms with Crippen LogP contribution in [-0.2, 0) is 4.79 Å². The molecule has 0 aliphatic rings. The Hall–Kier alpha value is -1.99. The predicted octanol–water partition coefficient (Wildman–Crippen LogP) is 0.200. The number of urea groups is 2. The van der Waals surface area contributed by atoms with Crippen LogP contribution in [0.25, 0.3) is 0 Å². The SMILES string of the molecule is CC(CCCC(=O)O)NC(=O)NCCNC(=O)N(C)C. The van der Waals surface area contributed by atoms with E-state index in [-0.39, 0.29) is 24.5 Å². The van der Waals surface area contributed by atoms with E-state index in [1.165, 1.54) is 4.90 Å². The maximum atomic E-state index is 11.5. The summed E-state index contributed by atoms with van der Waals surface area (Å²) < 4.78 is 0. The van der Waals surface area contributed by atoms with Gasteiger partial charge in [0.1, 0.15) is 0 Å². The van der Waals surface area contributed by atoms with Gasteiger partial charge in [0.2, 0.25) is 0 Å². The average molecular weight is 288 g/mol. The fraction of sp³-hybridized carbons (Fsp3) is 0.750. The van der Waals surface area contributed by atoms with Gasteiger partial charge in [-0.15, -0.1) is 0 Å². The Kier molecular flexibility index (Phi) is 8.89. The minimum atomic E-state index is -0.835. The third-order valence-corrected chi connectivity index (χ3v) is 2.50. The van der Waals surface area contributed by atoms with Gasteiger partial charge in [-0.2, -0.15) is 0 Å². The largest absolute Gasteiger partial charge is 0.481 e. The number of hydrogen-bond acceptors (Lipinski definition) is 3. The van der Waals surface area contributed by atoms with E-state index >= 15 is 0 Å². The Balaban J connectivity index is 3.62. The maximum Gasteiger partial charge on any atom is 0.316 e. The molecule has 1 atom stereocenters. The monoisotopic (exact) mass is 288 g/mol. The Morgan fingerprint density at radius 3 is 2.30 bits per heavy atom. The van der Waals surface area contributed by atoms with Crippen LogP contribution < -0.4 is 16.0 Å². The van der Waals surface area contributed by atoms with Crippen LogP contribution in [0.2, 0.25) is 0 Å². The van der Waals surface area contributed by atoms with Crippen molar-refractivity contribution in [2.75, 3.05) is 27.2 Å². The molecule has 4 N–H and O–H groups in total. The molecule has 0 radical (unpaired) electrons. The second-order valence-corrected chi connectivity index (χ2v) is 4.71. The second kappa shape index (κ2) is 9.88. The quantitative estimate of drug-likeness (QED) is 0.478. The molecule has 0 spiro atoms. The lowest BCUT2D eigenvalue weighted by Gasteiger charge is -2.15. The molecule has 8 nitrogen and oxygen atoms in total. The van der Waals surface area contributed by atoms with Crippen LogP contribution in [0.1, 0.15) is 26.2 Å². The molecule has 0 aliphatic carbocycles. The topological polar surface area (TPSA) is 111 Å². The summed E-state index contributed by atoms with van der Waals surface area (Å²) in [7, 11) is 3.27.